The molecule has 1 aliphatic heterocycles. The minimum absolute atomic E-state index is 0.0411. The van der Waals surface area contributed by atoms with Crippen LogP contribution in [0.25, 0.3) is 0 Å². The van der Waals surface area contributed by atoms with E-state index in [1.54, 1.807) is 12.4 Å². The first-order valence-corrected chi connectivity index (χ1v) is 6.22. The van der Waals surface area contributed by atoms with Gasteiger partial charge in [-0.05, 0) is 23.6 Å². The van der Waals surface area contributed by atoms with Gasteiger partial charge >= 0.3 is 0 Å². The van der Waals surface area contributed by atoms with Gasteiger partial charge in [0.25, 0.3) is 0 Å². The normalized spacial score (nSPS) is 14.2. The van der Waals surface area contributed by atoms with Gasteiger partial charge in [0.2, 0.25) is 5.91 Å². The number of aromatic nitrogens is 3. The van der Waals surface area contributed by atoms with Crippen molar-refractivity contribution in [3.8, 4) is 0 Å². The van der Waals surface area contributed by atoms with E-state index in [0.29, 0.717) is 6.54 Å². The summed E-state index contributed by atoms with van der Waals surface area (Å²) in [6, 6.07) is 5.91. The molecule has 2 N–H and O–H groups in total. The fraction of sp³-hybridized carbons (Fsp3) is 0.308. The monoisotopic (exact) mass is 257 g/mol. The van der Waals surface area contributed by atoms with Crippen molar-refractivity contribution in [3.63, 3.8) is 0 Å². The summed E-state index contributed by atoms with van der Waals surface area (Å²) in [4.78, 5) is 14.0. The Morgan fingerprint density at radius 1 is 1.42 bits per heavy atom. The third kappa shape index (κ3) is 2.29. The lowest BCUT2D eigenvalue weighted by atomic mass is 9.98. The molecular formula is C13H15N5O. The molecule has 0 saturated carbocycles. The van der Waals surface area contributed by atoms with E-state index in [4.69, 9.17) is 5.73 Å². The van der Waals surface area contributed by atoms with Gasteiger partial charge in [-0.3, -0.25) is 4.79 Å². The van der Waals surface area contributed by atoms with E-state index in [1.807, 2.05) is 17.0 Å². The van der Waals surface area contributed by atoms with Crippen molar-refractivity contribution in [3.05, 3.63) is 41.7 Å². The summed E-state index contributed by atoms with van der Waals surface area (Å²) in [6.45, 7) is 1.53. The maximum atomic E-state index is 12.2. The minimum atomic E-state index is 0.0411. The zero-order valence-electron chi connectivity index (χ0n) is 10.5. The number of hydrogen-bond donors (Lipinski definition) is 1. The Morgan fingerprint density at radius 3 is 3.11 bits per heavy atom. The van der Waals surface area contributed by atoms with E-state index in [-0.39, 0.29) is 12.5 Å². The summed E-state index contributed by atoms with van der Waals surface area (Å²) >= 11 is 0. The highest BCUT2D eigenvalue weighted by Gasteiger charge is 2.22. The van der Waals surface area contributed by atoms with Gasteiger partial charge in [0.15, 0.2) is 0 Å². The lowest BCUT2D eigenvalue weighted by Crippen LogP contribution is -2.38. The molecule has 1 aromatic heterocycles. The molecule has 19 heavy (non-hydrogen) atoms. The Kier molecular flexibility index (Phi) is 2.91. The van der Waals surface area contributed by atoms with Gasteiger partial charge in [0.05, 0.1) is 6.20 Å². The average Bonchev–Trinajstić information content (AvgIpc) is 2.92. The van der Waals surface area contributed by atoms with Gasteiger partial charge < -0.3 is 10.6 Å². The Balaban J connectivity index is 1.75. The summed E-state index contributed by atoms with van der Waals surface area (Å²) in [5.41, 5.74) is 9.04. The number of benzene rings is 1. The Labute approximate surface area is 110 Å². The molecule has 1 aliphatic rings. The molecule has 0 fully saturated rings. The standard InChI is InChI=1S/C13H15N5O/c14-12-3-1-2-10-4-6-17(8-11(10)12)13(19)9-18-7-5-15-16-18/h1-3,5,7H,4,6,8-9,14H2. The van der Waals surface area contributed by atoms with Crippen LogP contribution in [0.5, 0.6) is 0 Å². The number of amides is 1. The largest absolute Gasteiger partial charge is 0.398 e. The van der Waals surface area contributed by atoms with Crippen molar-refractivity contribution in [1.29, 1.82) is 0 Å². The Morgan fingerprint density at radius 2 is 2.32 bits per heavy atom. The summed E-state index contributed by atoms with van der Waals surface area (Å²) in [5.74, 6) is 0.0411. The number of rotatable bonds is 2. The lowest BCUT2D eigenvalue weighted by Gasteiger charge is -2.29. The van der Waals surface area contributed by atoms with E-state index in [9.17, 15) is 4.79 Å². The quantitative estimate of drug-likeness (QED) is 0.792. The molecule has 2 aromatic rings. The van der Waals surface area contributed by atoms with Crippen LogP contribution < -0.4 is 5.73 Å². The second-order valence-corrected chi connectivity index (χ2v) is 4.65. The number of fused-ring (bicyclic) bond motifs is 1. The molecule has 2 heterocycles. The second kappa shape index (κ2) is 4.72. The highest BCUT2D eigenvalue weighted by molar-refractivity contribution is 5.76. The van der Waals surface area contributed by atoms with Crippen molar-refractivity contribution in [1.82, 2.24) is 19.9 Å². The SMILES string of the molecule is Nc1cccc2c1CN(C(=O)Cn1ccnn1)CC2. The zero-order valence-corrected chi connectivity index (χ0v) is 10.5. The molecule has 0 aliphatic carbocycles. The molecule has 3 rings (SSSR count). The Hall–Kier alpha value is -2.37. The first kappa shape index (κ1) is 11.7. The molecule has 1 aromatic carbocycles. The van der Waals surface area contributed by atoms with Crippen LogP contribution in [0.2, 0.25) is 0 Å². The van der Waals surface area contributed by atoms with E-state index < -0.39 is 0 Å². The third-order valence-corrected chi connectivity index (χ3v) is 3.43. The number of hydrogen-bond acceptors (Lipinski definition) is 4. The molecule has 0 atom stereocenters. The molecule has 0 saturated heterocycles. The van der Waals surface area contributed by atoms with Crippen molar-refractivity contribution < 1.29 is 4.79 Å². The van der Waals surface area contributed by atoms with Gasteiger partial charge in [0.1, 0.15) is 6.54 Å². The summed E-state index contributed by atoms with van der Waals surface area (Å²) in [7, 11) is 0. The van der Waals surface area contributed by atoms with Crippen LogP contribution in [0.3, 0.4) is 0 Å². The predicted octanol–water partition coefficient (Wildman–Crippen LogP) is 0.445. The fourth-order valence-corrected chi connectivity index (χ4v) is 2.38. The number of nitrogen functional groups attached to an aromatic ring is 1. The highest BCUT2D eigenvalue weighted by Crippen LogP contribution is 2.24. The number of nitrogens with zero attached hydrogens (tertiary/aromatic N) is 4. The summed E-state index contributed by atoms with van der Waals surface area (Å²) in [5, 5.41) is 7.50. The van der Waals surface area contributed by atoms with Gasteiger partial charge in [-0.1, -0.05) is 17.3 Å². The van der Waals surface area contributed by atoms with Gasteiger partial charge in [-0.2, -0.15) is 0 Å². The van der Waals surface area contributed by atoms with E-state index in [2.05, 4.69) is 16.4 Å². The summed E-state index contributed by atoms with van der Waals surface area (Å²) in [6.07, 6.45) is 4.10. The second-order valence-electron chi connectivity index (χ2n) is 4.65. The van der Waals surface area contributed by atoms with Crippen LogP contribution in [0.15, 0.2) is 30.6 Å². The molecule has 6 heteroatoms. The topological polar surface area (TPSA) is 77.0 Å². The van der Waals surface area contributed by atoms with Crippen LogP contribution in [0, 0.1) is 0 Å². The van der Waals surface area contributed by atoms with Crippen LogP contribution >= 0.6 is 0 Å². The maximum Gasteiger partial charge on any atom is 0.244 e. The van der Waals surface area contributed by atoms with Crippen LogP contribution in [0.1, 0.15) is 11.1 Å². The number of carbonyl (C=O) groups excluding carboxylic acids is 1. The number of nitrogens with two attached hydrogens (primary N) is 1. The Bertz CT molecular complexity index is 593. The van der Waals surface area contributed by atoms with Crippen molar-refractivity contribution >= 4 is 11.6 Å². The summed E-state index contributed by atoms with van der Waals surface area (Å²) < 4.78 is 1.53. The minimum Gasteiger partial charge on any atom is -0.398 e. The van der Waals surface area contributed by atoms with Crippen LogP contribution in [-0.4, -0.2) is 32.3 Å². The van der Waals surface area contributed by atoms with Gasteiger partial charge in [0, 0.05) is 25.0 Å². The number of anilines is 1. The van der Waals surface area contributed by atoms with Crippen molar-refractivity contribution in [2.75, 3.05) is 12.3 Å². The van der Waals surface area contributed by atoms with E-state index in [0.717, 1.165) is 24.2 Å². The molecule has 0 spiro atoms. The molecular weight excluding hydrogens is 242 g/mol. The molecule has 0 bridgehead atoms. The highest BCUT2D eigenvalue weighted by atomic mass is 16.2. The molecule has 0 unspecified atom stereocenters. The zero-order chi connectivity index (χ0) is 13.2. The third-order valence-electron chi connectivity index (χ3n) is 3.43. The van der Waals surface area contributed by atoms with Crippen LogP contribution in [0.4, 0.5) is 5.69 Å². The smallest absolute Gasteiger partial charge is 0.244 e. The maximum absolute atomic E-state index is 12.2. The number of carbonyl (C=O) groups is 1. The molecule has 1 amide bonds. The first-order valence-electron chi connectivity index (χ1n) is 6.22. The molecule has 98 valence electrons. The average molecular weight is 257 g/mol. The van der Waals surface area contributed by atoms with E-state index in [1.165, 1.54) is 10.2 Å². The molecule has 0 radical (unpaired) electrons. The first-order chi connectivity index (χ1) is 9.24. The van der Waals surface area contributed by atoms with Gasteiger partial charge in [-0.15, -0.1) is 5.10 Å². The van der Waals surface area contributed by atoms with Crippen molar-refractivity contribution in [2.45, 2.75) is 19.5 Å². The predicted molar refractivity (Wildman–Crippen MR) is 70.0 cm³/mol. The van der Waals surface area contributed by atoms with Gasteiger partial charge in [-0.25, -0.2) is 4.68 Å². The van der Waals surface area contributed by atoms with E-state index >= 15 is 0 Å². The fourth-order valence-electron chi connectivity index (χ4n) is 2.38. The van der Waals surface area contributed by atoms with Crippen LogP contribution in [-0.2, 0) is 24.3 Å². The lowest BCUT2D eigenvalue weighted by molar-refractivity contribution is -0.133. The van der Waals surface area contributed by atoms with Crippen molar-refractivity contribution in [2.24, 2.45) is 0 Å². The molecule has 6 nitrogen and oxygen atoms in total.